The molecule has 0 aromatic rings. The first-order valence-electron chi connectivity index (χ1n) is 23.8. The van der Waals surface area contributed by atoms with Crippen molar-refractivity contribution in [2.75, 3.05) is 52.5 Å². The maximum atomic E-state index is 12.6. The van der Waals surface area contributed by atoms with Crippen LogP contribution in [0.5, 0.6) is 0 Å². The van der Waals surface area contributed by atoms with E-state index in [1.807, 2.05) is 0 Å². The summed E-state index contributed by atoms with van der Waals surface area (Å²) < 4.78 is 42.6. The van der Waals surface area contributed by atoms with Crippen molar-refractivity contribution in [1.82, 2.24) is 9.80 Å². The molecule has 0 aromatic heterocycles. The molecule has 0 aromatic carbocycles. The fourth-order valence-electron chi connectivity index (χ4n) is 7.03. The minimum atomic E-state index is -5.08. The summed E-state index contributed by atoms with van der Waals surface area (Å²) in [5.41, 5.74) is -1.63. The Labute approximate surface area is 372 Å². The van der Waals surface area contributed by atoms with Crippen LogP contribution in [0.4, 0.5) is 13.2 Å². The van der Waals surface area contributed by atoms with Crippen LogP contribution in [0.3, 0.4) is 0 Å². The number of carboxylic acid groups (broad SMARTS) is 1. The monoisotopic (exact) mass is 903 g/mol. The van der Waals surface area contributed by atoms with Gasteiger partial charge in [0, 0.05) is 39.3 Å². The molecule has 0 spiro atoms. The Balaban J connectivity index is 0. The number of halogens is 3. The molecule has 0 aliphatic rings. The summed E-state index contributed by atoms with van der Waals surface area (Å²) in [5, 5.41) is 60.6. The minimum absolute atomic E-state index is 0.131. The van der Waals surface area contributed by atoms with E-state index in [0.717, 1.165) is 128 Å². The van der Waals surface area contributed by atoms with Gasteiger partial charge >= 0.3 is 24.1 Å². The fraction of sp³-hybridized carbons (Fsp3) is 0.935. The molecule has 0 saturated heterocycles. The zero-order chi connectivity index (χ0) is 47.2. The molecule has 0 heterocycles. The number of aliphatic carboxylic acids is 1. The largest absolute Gasteiger partial charge is 0.490 e. The van der Waals surface area contributed by atoms with Gasteiger partial charge in [-0.3, -0.25) is 19.4 Å². The van der Waals surface area contributed by atoms with Crippen LogP contribution >= 0.6 is 0 Å². The molecule has 62 heavy (non-hydrogen) atoms. The highest BCUT2D eigenvalue weighted by Crippen LogP contribution is 2.18. The number of carboxylic acids is 1. The first-order chi connectivity index (χ1) is 29.3. The molecule has 0 fully saturated rings. The smallest absolute Gasteiger partial charge is 0.475 e. The molecule has 0 radical (unpaired) electrons. The number of hydrogen-bond acceptors (Lipinski definition) is 12. The van der Waals surface area contributed by atoms with E-state index in [0.29, 0.717) is 52.1 Å². The second kappa shape index (κ2) is 39.3. The number of nitrogens with zero attached hydrogens (tertiary/aromatic N) is 2. The van der Waals surface area contributed by atoms with Crippen molar-refractivity contribution in [1.29, 1.82) is 0 Å². The van der Waals surface area contributed by atoms with Gasteiger partial charge in [0.15, 0.2) is 0 Å². The second-order valence-corrected chi connectivity index (χ2v) is 17.3. The molecule has 0 amide bonds. The zero-order valence-electron chi connectivity index (χ0n) is 39.2. The number of carbonyl (C=O) groups excluding carboxylic acids is 2. The summed E-state index contributed by atoms with van der Waals surface area (Å²) in [6.07, 6.45) is 13.7. The van der Waals surface area contributed by atoms with Crippen molar-refractivity contribution in [2.24, 2.45) is 0 Å². The lowest BCUT2D eigenvalue weighted by atomic mass is 9.98. The Morgan fingerprint density at radius 2 is 0.758 bits per heavy atom. The van der Waals surface area contributed by atoms with E-state index in [1.54, 1.807) is 0 Å². The van der Waals surface area contributed by atoms with Crippen LogP contribution in [0.1, 0.15) is 189 Å². The number of ether oxygens (including phenoxy) is 2. The lowest BCUT2D eigenvalue weighted by Crippen LogP contribution is -2.39. The average Bonchev–Trinajstić information content (AvgIpc) is 3.18. The van der Waals surface area contributed by atoms with Gasteiger partial charge in [-0.25, -0.2) is 4.79 Å². The highest BCUT2D eigenvalue weighted by atomic mass is 19.4. The van der Waals surface area contributed by atoms with E-state index in [2.05, 4.69) is 37.5 Å². The van der Waals surface area contributed by atoms with Crippen molar-refractivity contribution < 1.29 is 67.7 Å². The van der Waals surface area contributed by atoms with Crippen molar-refractivity contribution in [2.45, 2.75) is 225 Å². The van der Waals surface area contributed by atoms with Gasteiger partial charge in [-0.1, -0.05) is 130 Å². The van der Waals surface area contributed by atoms with Crippen molar-refractivity contribution in [3.63, 3.8) is 0 Å². The summed E-state index contributed by atoms with van der Waals surface area (Å²) >= 11 is 0. The van der Waals surface area contributed by atoms with Crippen molar-refractivity contribution in [3.05, 3.63) is 0 Å². The number of carbonyl (C=O) groups is 3. The quantitative estimate of drug-likeness (QED) is 0.0256. The van der Waals surface area contributed by atoms with E-state index >= 15 is 0 Å². The van der Waals surface area contributed by atoms with Gasteiger partial charge in [-0.2, -0.15) is 13.2 Å². The normalized spacial score (nSPS) is 14.8. The molecule has 0 aliphatic heterocycles. The number of unbranched alkanes of at least 4 members (excludes halogenated alkanes) is 12. The van der Waals surface area contributed by atoms with Crippen LogP contribution in [0, 0.1) is 0 Å². The number of aliphatic hydroxyl groups excluding tert-OH is 4. The van der Waals surface area contributed by atoms with Gasteiger partial charge in [0.2, 0.25) is 0 Å². The van der Waals surface area contributed by atoms with Crippen LogP contribution in [0.15, 0.2) is 0 Å². The van der Waals surface area contributed by atoms with Crippen LogP contribution in [-0.4, -0.2) is 147 Å². The molecular weight excluding hydrogens is 814 g/mol. The van der Waals surface area contributed by atoms with Crippen LogP contribution in [0.2, 0.25) is 0 Å². The molecule has 4 unspecified atom stereocenters. The van der Waals surface area contributed by atoms with Gasteiger partial charge in [0.05, 0.1) is 56.1 Å². The fourth-order valence-corrected chi connectivity index (χ4v) is 7.03. The third-order valence-electron chi connectivity index (χ3n) is 10.5. The number of esters is 2. The molecule has 13 nitrogen and oxygen atoms in total. The summed E-state index contributed by atoms with van der Waals surface area (Å²) in [4.78, 5) is 38.2. The summed E-state index contributed by atoms with van der Waals surface area (Å²) in [7, 11) is 0. The summed E-state index contributed by atoms with van der Waals surface area (Å²) in [6.45, 7) is 13.3. The van der Waals surface area contributed by atoms with E-state index < -0.39 is 54.1 Å². The van der Waals surface area contributed by atoms with Crippen molar-refractivity contribution in [3.8, 4) is 0 Å². The van der Waals surface area contributed by atoms with Gasteiger partial charge in [-0.05, 0) is 45.4 Å². The summed E-state index contributed by atoms with van der Waals surface area (Å²) in [5.74, 6) is -3.96. The number of rotatable bonds is 40. The Morgan fingerprint density at radius 1 is 0.500 bits per heavy atom. The molecule has 0 bridgehead atoms. The molecule has 0 saturated carbocycles. The first kappa shape index (κ1) is 62.0. The topological polar surface area (TPSA) is 198 Å². The predicted octanol–water partition coefficient (Wildman–Crippen LogP) is 7.95. The molecule has 370 valence electrons. The molecular formula is C46H89F3N2O11. The minimum Gasteiger partial charge on any atom is -0.475 e. The highest BCUT2D eigenvalue weighted by Gasteiger charge is 2.38. The van der Waals surface area contributed by atoms with Crippen LogP contribution < -0.4 is 0 Å². The van der Waals surface area contributed by atoms with E-state index in [4.69, 9.17) is 19.4 Å². The second-order valence-electron chi connectivity index (χ2n) is 17.3. The number of aliphatic hydroxyl groups is 5. The van der Waals surface area contributed by atoms with Crippen molar-refractivity contribution >= 4 is 17.9 Å². The highest BCUT2D eigenvalue weighted by molar-refractivity contribution is 5.75. The van der Waals surface area contributed by atoms with Crippen LogP contribution in [-0.2, 0) is 23.9 Å². The lowest BCUT2D eigenvalue weighted by Gasteiger charge is -2.28. The maximum Gasteiger partial charge on any atom is 0.490 e. The Hall–Kier alpha value is -2.08. The molecule has 4 atom stereocenters. The van der Waals surface area contributed by atoms with E-state index in [9.17, 15) is 48.3 Å². The number of hydrogen-bond donors (Lipinski definition) is 6. The zero-order valence-corrected chi connectivity index (χ0v) is 39.2. The first-order valence-corrected chi connectivity index (χ1v) is 23.8. The standard InChI is InChI=1S/C44H88N2O9.C2HF3O2/c1-6-10-14-18-24-38(47)34-45(35-39(48)25-19-15-11-7-2)28-22-30-54-42(51)32-44(5,53)33-43(52)55-31-23-29-46(36-40(49)26-20-16-12-8-3)37-41(50)27-21-17-13-9-4;3-2(4,5)1(6)7/h38-41,47-50,53H,6-37H2,1-5H3;(H,6,7). The lowest BCUT2D eigenvalue weighted by molar-refractivity contribution is -0.192. The molecule has 0 rings (SSSR count). The number of alkyl halides is 3. The van der Waals surface area contributed by atoms with E-state index in [-0.39, 0.29) is 26.1 Å². The van der Waals surface area contributed by atoms with Gasteiger partial charge in [0.25, 0.3) is 0 Å². The van der Waals surface area contributed by atoms with Crippen LogP contribution in [0.25, 0.3) is 0 Å². The Morgan fingerprint density at radius 3 is 0.984 bits per heavy atom. The summed E-state index contributed by atoms with van der Waals surface area (Å²) in [6, 6.07) is 0. The van der Waals surface area contributed by atoms with Gasteiger partial charge in [-0.15, -0.1) is 0 Å². The van der Waals surface area contributed by atoms with Gasteiger partial charge in [0.1, 0.15) is 0 Å². The molecule has 16 heteroatoms. The third kappa shape index (κ3) is 40.7. The average molecular weight is 903 g/mol. The molecule has 6 N–H and O–H groups in total. The molecule has 0 aliphatic carbocycles. The predicted molar refractivity (Wildman–Crippen MR) is 237 cm³/mol. The van der Waals surface area contributed by atoms with Gasteiger partial charge < -0.3 is 40.1 Å². The third-order valence-corrected chi connectivity index (χ3v) is 10.5. The SMILES string of the molecule is CCCCCCC(O)CN(CCCOC(=O)CC(C)(O)CC(=O)OCCCN(CC(O)CCCCCC)CC(O)CCCCCC)CC(O)CCCCCC.O=C(O)C(F)(F)F. The maximum absolute atomic E-state index is 12.6. The Kier molecular flexibility index (Phi) is 39.3. The van der Waals surface area contributed by atoms with E-state index in [1.165, 1.54) is 6.92 Å². The Bertz CT molecular complexity index is 979.